The first kappa shape index (κ1) is 15.2. The van der Waals surface area contributed by atoms with E-state index in [9.17, 15) is 4.79 Å². The molecule has 0 bridgehead atoms. The highest BCUT2D eigenvalue weighted by molar-refractivity contribution is 7.12. The van der Waals surface area contributed by atoms with E-state index < -0.39 is 5.97 Å². The first-order valence-electron chi connectivity index (χ1n) is 4.68. The first-order valence-corrected chi connectivity index (χ1v) is 7.45. The highest BCUT2D eigenvalue weighted by atomic mass is 35.5. The number of thiophene rings is 1. The summed E-state index contributed by atoms with van der Waals surface area (Å²) in [7, 11) is 0. The van der Waals surface area contributed by atoms with Crippen molar-refractivity contribution in [3.05, 3.63) is 41.4 Å². The van der Waals surface area contributed by atoms with Crippen LogP contribution in [0.5, 0.6) is 0 Å². The van der Waals surface area contributed by atoms with Crippen molar-refractivity contribution < 1.29 is 9.90 Å². The topological polar surface area (TPSA) is 37.3 Å². The Morgan fingerprint density at radius 2 is 1.42 bits per heavy atom. The van der Waals surface area contributed by atoms with Crippen LogP contribution in [0.3, 0.4) is 0 Å². The molecule has 0 amide bonds. The van der Waals surface area contributed by atoms with Crippen LogP contribution < -0.4 is 0 Å². The van der Waals surface area contributed by atoms with E-state index in [4.69, 9.17) is 63.1 Å². The van der Waals surface area contributed by atoms with Crippen LogP contribution in [0, 0.1) is 0 Å². The van der Waals surface area contributed by atoms with Crippen LogP contribution in [-0.4, -0.2) is 11.1 Å². The monoisotopic (exact) mass is 374 g/mol. The van der Waals surface area contributed by atoms with Gasteiger partial charge in [0.2, 0.25) is 0 Å². The third kappa shape index (κ3) is 2.68. The molecule has 0 radical (unpaired) electrons. The van der Waals surface area contributed by atoms with Crippen molar-refractivity contribution in [1.29, 1.82) is 0 Å². The molecule has 0 saturated heterocycles. The molecule has 8 heteroatoms. The largest absolute Gasteiger partial charge is 0.477 e. The second-order valence-corrected chi connectivity index (χ2v) is 6.25. The number of halogens is 5. The van der Waals surface area contributed by atoms with E-state index >= 15 is 0 Å². The zero-order valence-electron chi connectivity index (χ0n) is 8.81. The van der Waals surface area contributed by atoms with Gasteiger partial charge in [-0.3, -0.25) is 0 Å². The zero-order valence-corrected chi connectivity index (χ0v) is 13.4. The van der Waals surface area contributed by atoms with Crippen molar-refractivity contribution in [2.75, 3.05) is 0 Å². The molecule has 1 heterocycles. The maximum atomic E-state index is 10.9. The predicted octanol–water partition coefficient (Wildman–Crippen LogP) is 6.38. The van der Waals surface area contributed by atoms with E-state index in [-0.39, 0.29) is 30.0 Å². The van der Waals surface area contributed by atoms with Crippen LogP contribution in [-0.2, 0) is 0 Å². The summed E-state index contributed by atoms with van der Waals surface area (Å²) in [4.78, 5) is 11.0. The number of carboxylic acids is 1. The van der Waals surface area contributed by atoms with E-state index in [0.717, 1.165) is 11.3 Å². The van der Waals surface area contributed by atoms with Crippen molar-refractivity contribution in [3.8, 4) is 11.1 Å². The molecular formula is C11H3Cl5O2S. The Balaban J connectivity index is 2.71. The maximum absolute atomic E-state index is 10.9. The van der Waals surface area contributed by atoms with Gasteiger partial charge in [0.25, 0.3) is 0 Å². The molecule has 19 heavy (non-hydrogen) atoms. The fourth-order valence-electron chi connectivity index (χ4n) is 1.44. The lowest BCUT2D eigenvalue weighted by atomic mass is 10.1. The smallest absolute Gasteiger partial charge is 0.345 e. The number of rotatable bonds is 2. The predicted molar refractivity (Wildman–Crippen MR) is 81.8 cm³/mol. The molecule has 100 valence electrons. The molecule has 0 aliphatic rings. The molecular weight excluding hydrogens is 373 g/mol. The minimum absolute atomic E-state index is 0.0655. The number of carboxylic acid groups (broad SMARTS) is 1. The number of hydrogen-bond acceptors (Lipinski definition) is 2. The number of carbonyl (C=O) groups is 1. The second-order valence-electron chi connectivity index (χ2n) is 3.45. The summed E-state index contributed by atoms with van der Waals surface area (Å²) in [5.41, 5.74) is 0.893. The summed E-state index contributed by atoms with van der Waals surface area (Å²) >= 11 is 31.0. The summed E-state index contributed by atoms with van der Waals surface area (Å²) < 4.78 is 0. The quantitative estimate of drug-likeness (QED) is 0.488. The molecule has 2 aromatic rings. The Kier molecular flexibility index (Phi) is 4.56. The second kappa shape index (κ2) is 5.68. The van der Waals surface area contributed by atoms with E-state index in [1.807, 2.05) is 0 Å². The van der Waals surface area contributed by atoms with Gasteiger partial charge in [-0.15, -0.1) is 11.3 Å². The van der Waals surface area contributed by atoms with Gasteiger partial charge in [-0.2, -0.15) is 0 Å². The number of hydrogen-bond donors (Lipinski definition) is 1. The molecule has 0 saturated carbocycles. The average molecular weight is 376 g/mol. The molecule has 0 aliphatic carbocycles. The van der Waals surface area contributed by atoms with Crippen LogP contribution in [0.25, 0.3) is 11.1 Å². The number of aromatic carboxylic acids is 1. The third-order valence-corrected chi connectivity index (χ3v) is 5.50. The average Bonchev–Trinajstić information content (AvgIpc) is 2.84. The van der Waals surface area contributed by atoms with E-state index in [0.29, 0.717) is 11.1 Å². The third-order valence-electron chi connectivity index (χ3n) is 2.31. The fraction of sp³-hybridized carbons (Fsp3) is 0. The van der Waals surface area contributed by atoms with Gasteiger partial charge in [0, 0.05) is 5.56 Å². The van der Waals surface area contributed by atoms with E-state index in [1.165, 1.54) is 6.07 Å². The van der Waals surface area contributed by atoms with Crippen LogP contribution in [0.15, 0.2) is 11.4 Å². The van der Waals surface area contributed by atoms with Gasteiger partial charge in [0.15, 0.2) is 0 Å². The molecule has 2 rings (SSSR count). The van der Waals surface area contributed by atoms with Crippen molar-refractivity contribution in [2.24, 2.45) is 0 Å². The van der Waals surface area contributed by atoms with Crippen LogP contribution >= 0.6 is 69.3 Å². The Labute approximate surface area is 137 Å². The highest BCUT2D eigenvalue weighted by Gasteiger charge is 2.21. The molecule has 0 unspecified atom stereocenters. The SMILES string of the molecule is O=C(O)c1cc(-c2c(Cl)c(Cl)c(Cl)c(Cl)c2Cl)cs1. The van der Waals surface area contributed by atoms with Crippen LogP contribution in [0.4, 0.5) is 0 Å². The molecule has 1 aromatic carbocycles. The molecule has 0 fully saturated rings. The van der Waals surface area contributed by atoms with Crippen molar-refractivity contribution in [1.82, 2.24) is 0 Å². The zero-order chi connectivity index (χ0) is 14.3. The minimum Gasteiger partial charge on any atom is -0.477 e. The Morgan fingerprint density at radius 3 is 1.84 bits per heavy atom. The lowest BCUT2D eigenvalue weighted by molar-refractivity contribution is 0.0702. The van der Waals surface area contributed by atoms with Crippen LogP contribution in [0.2, 0.25) is 25.1 Å². The number of benzene rings is 1. The van der Waals surface area contributed by atoms with Gasteiger partial charge < -0.3 is 5.11 Å². The molecule has 2 nitrogen and oxygen atoms in total. The van der Waals surface area contributed by atoms with Crippen molar-refractivity contribution >= 4 is 75.3 Å². The van der Waals surface area contributed by atoms with Gasteiger partial charge in [-0.25, -0.2) is 4.79 Å². The molecule has 1 N–H and O–H groups in total. The van der Waals surface area contributed by atoms with Gasteiger partial charge in [-0.05, 0) is 17.0 Å². The lowest BCUT2D eigenvalue weighted by Crippen LogP contribution is -1.90. The van der Waals surface area contributed by atoms with Crippen molar-refractivity contribution in [3.63, 3.8) is 0 Å². The van der Waals surface area contributed by atoms with Gasteiger partial charge >= 0.3 is 5.97 Å². The molecule has 0 spiro atoms. The normalized spacial score (nSPS) is 10.8. The summed E-state index contributed by atoms with van der Waals surface area (Å²) in [5.74, 6) is -1.03. The Bertz CT molecular complexity index is 651. The fourth-order valence-corrected chi connectivity index (χ4v) is 3.53. The van der Waals surface area contributed by atoms with Gasteiger partial charge in [0.1, 0.15) is 4.88 Å². The molecule has 0 atom stereocenters. The standard InChI is InChI=1S/C11H3Cl5O2S/c12-6-5(3-1-4(11(17)18)19-2-3)7(13)9(15)10(16)8(6)14/h1-2H,(H,17,18). The molecule has 1 aromatic heterocycles. The first-order chi connectivity index (χ1) is 8.84. The van der Waals surface area contributed by atoms with Gasteiger partial charge in [0.05, 0.1) is 25.1 Å². The Hall–Kier alpha value is -0.160. The van der Waals surface area contributed by atoms with Gasteiger partial charge in [-0.1, -0.05) is 58.0 Å². The van der Waals surface area contributed by atoms with Crippen molar-refractivity contribution in [2.45, 2.75) is 0 Å². The summed E-state index contributed by atoms with van der Waals surface area (Å²) in [6, 6.07) is 1.45. The summed E-state index contributed by atoms with van der Waals surface area (Å²) in [6.07, 6.45) is 0. The van der Waals surface area contributed by atoms with E-state index in [2.05, 4.69) is 0 Å². The molecule has 0 aliphatic heterocycles. The van der Waals surface area contributed by atoms with E-state index in [1.54, 1.807) is 5.38 Å². The van der Waals surface area contributed by atoms with Crippen LogP contribution in [0.1, 0.15) is 9.67 Å². The Morgan fingerprint density at radius 1 is 0.947 bits per heavy atom. The highest BCUT2D eigenvalue weighted by Crippen LogP contribution is 2.48. The maximum Gasteiger partial charge on any atom is 0.345 e. The lowest BCUT2D eigenvalue weighted by Gasteiger charge is -2.11. The minimum atomic E-state index is -1.03. The summed E-state index contributed by atoms with van der Waals surface area (Å²) in [5, 5.41) is 11.0. The summed E-state index contributed by atoms with van der Waals surface area (Å²) in [6.45, 7) is 0.